The smallest absolute Gasteiger partial charge is 0.417 e. The number of ether oxygens (including phenoxy) is 2. The highest BCUT2D eigenvalue weighted by Crippen LogP contribution is 2.46. The van der Waals surface area contributed by atoms with Crippen molar-refractivity contribution in [1.29, 1.82) is 0 Å². The van der Waals surface area contributed by atoms with E-state index in [-0.39, 0.29) is 21.7 Å². The minimum absolute atomic E-state index is 0.0244. The van der Waals surface area contributed by atoms with Crippen molar-refractivity contribution in [2.24, 2.45) is 11.8 Å². The minimum atomic E-state index is -0.627. The van der Waals surface area contributed by atoms with Gasteiger partial charge < -0.3 is 9.47 Å². The van der Waals surface area contributed by atoms with Gasteiger partial charge in [-0.1, -0.05) is 60.6 Å². The Morgan fingerprint density at radius 2 is 2.22 bits per heavy atom. The van der Waals surface area contributed by atoms with Crippen LogP contribution in [0.15, 0.2) is 35.6 Å². The molecule has 5 nitrogen and oxygen atoms in total. The largest absolute Gasteiger partial charge is 0.452 e. The molecule has 1 saturated heterocycles. The van der Waals surface area contributed by atoms with Crippen LogP contribution in [0.3, 0.4) is 0 Å². The lowest BCUT2D eigenvalue weighted by molar-refractivity contribution is -0.152. The Morgan fingerprint density at radius 3 is 2.91 bits per heavy atom. The van der Waals surface area contributed by atoms with E-state index in [4.69, 9.17) is 9.47 Å². The molecule has 3 aliphatic heterocycles. The number of methoxy groups -OCH3 is 1. The molecule has 0 aromatic heterocycles. The first kappa shape index (κ1) is 16.5. The summed E-state index contributed by atoms with van der Waals surface area (Å²) in [5.41, 5.74) is 1.25. The van der Waals surface area contributed by atoms with Gasteiger partial charge in [0.25, 0.3) is 0 Å². The standard InChI is InChI=1S/C17H20INO4/c1-3-4-7-10-11-8-5-6-9-12-13(10)16(20)23-15(14(11)18)19(12)17(21)22-2/h5-6,8-11,14-15H,3-4,7H2,1-2H3/b8-5-,9-6-/t10-,11+,14-,15-/m0/s1. The lowest BCUT2D eigenvalue weighted by atomic mass is 9.79. The Hall–Kier alpha value is -1.31. The molecule has 124 valence electrons. The van der Waals surface area contributed by atoms with Crippen molar-refractivity contribution in [2.45, 2.75) is 36.3 Å². The number of hydrogen-bond donors (Lipinski definition) is 0. The summed E-state index contributed by atoms with van der Waals surface area (Å²) in [6, 6.07) is 0. The zero-order chi connectivity index (χ0) is 16.6. The van der Waals surface area contributed by atoms with Crippen molar-refractivity contribution in [3.63, 3.8) is 0 Å². The number of carbonyl (C=O) groups is 2. The zero-order valence-electron chi connectivity index (χ0n) is 13.2. The highest BCUT2D eigenvalue weighted by Gasteiger charge is 2.52. The summed E-state index contributed by atoms with van der Waals surface area (Å²) in [6.07, 6.45) is 9.73. The third kappa shape index (κ3) is 2.70. The van der Waals surface area contributed by atoms with Gasteiger partial charge in [0, 0.05) is 11.8 Å². The second kappa shape index (κ2) is 6.67. The third-order valence-corrected chi connectivity index (χ3v) is 6.10. The maximum absolute atomic E-state index is 12.6. The predicted molar refractivity (Wildman–Crippen MR) is 93.7 cm³/mol. The summed E-state index contributed by atoms with van der Waals surface area (Å²) in [5, 5.41) is 0. The number of hydrogen-bond acceptors (Lipinski definition) is 4. The number of unbranched alkanes of at least 4 members (excludes halogenated alkanes) is 1. The van der Waals surface area contributed by atoms with E-state index in [0.717, 1.165) is 19.3 Å². The molecular formula is C17H20INO4. The number of allylic oxidation sites excluding steroid dienone is 4. The monoisotopic (exact) mass is 429 g/mol. The van der Waals surface area contributed by atoms with Gasteiger partial charge in [-0.3, -0.25) is 0 Å². The molecule has 4 aliphatic rings. The van der Waals surface area contributed by atoms with E-state index in [2.05, 4.69) is 35.6 Å². The zero-order valence-corrected chi connectivity index (χ0v) is 15.4. The van der Waals surface area contributed by atoms with Crippen molar-refractivity contribution >= 4 is 34.7 Å². The normalized spacial score (nSPS) is 34.6. The van der Waals surface area contributed by atoms with Gasteiger partial charge in [0.1, 0.15) is 0 Å². The van der Waals surface area contributed by atoms with Crippen LogP contribution < -0.4 is 0 Å². The Balaban J connectivity index is 2.18. The van der Waals surface area contributed by atoms with E-state index < -0.39 is 12.3 Å². The maximum Gasteiger partial charge on any atom is 0.417 e. The molecule has 1 amide bonds. The number of nitrogens with zero attached hydrogens (tertiary/aromatic N) is 1. The Morgan fingerprint density at radius 1 is 1.43 bits per heavy atom. The predicted octanol–water partition coefficient (Wildman–Crippen LogP) is 3.56. The van der Waals surface area contributed by atoms with Gasteiger partial charge in [0.05, 0.1) is 22.3 Å². The van der Waals surface area contributed by atoms with Crippen molar-refractivity contribution < 1.29 is 19.1 Å². The van der Waals surface area contributed by atoms with E-state index in [0.29, 0.717) is 11.3 Å². The van der Waals surface area contributed by atoms with E-state index in [1.54, 1.807) is 0 Å². The fourth-order valence-electron chi connectivity index (χ4n) is 3.56. The lowest BCUT2D eigenvalue weighted by Gasteiger charge is -2.35. The van der Waals surface area contributed by atoms with E-state index in [1.807, 2.05) is 18.2 Å². The Labute approximate surface area is 149 Å². The molecule has 0 spiro atoms. The molecule has 0 aromatic rings. The summed E-state index contributed by atoms with van der Waals surface area (Å²) in [5.74, 6) is -0.0706. The van der Waals surface area contributed by atoms with Crippen LogP contribution in [-0.2, 0) is 14.3 Å². The van der Waals surface area contributed by atoms with E-state index >= 15 is 0 Å². The SMILES string of the molecule is CCCC[C@@H]1C2=C3/C=C\C=C/[C@H]1[C@H](I)[C@H](OC2=O)N3C(=O)OC. The topological polar surface area (TPSA) is 55.8 Å². The summed E-state index contributed by atoms with van der Waals surface area (Å²) in [7, 11) is 1.35. The lowest BCUT2D eigenvalue weighted by Crippen LogP contribution is -2.49. The van der Waals surface area contributed by atoms with E-state index in [1.165, 1.54) is 12.0 Å². The number of esters is 1. The molecule has 4 rings (SSSR count). The average molecular weight is 429 g/mol. The van der Waals surface area contributed by atoms with Crippen LogP contribution in [0.2, 0.25) is 0 Å². The summed E-state index contributed by atoms with van der Waals surface area (Å²) in [6.45, 7) is 2.14. The summed E-state index contributed by atoms with van der Waals surface area (Å²) >= 11 is 2.30. The van der Waals surface area contributed by atoms with Gasteiger partial charge in [-0.05, 0) is 12.5 Å². The fourth-order valence-corrected chi connectivity index (χ4v) is 4.77. The number of rotatable bonds is 3. The first-order chi connectivity index (χ1) is 11.1. The van der Waals surface area contributed by atoms with Crippen LogP contribution in [0, 0.1) is 11.8 Å². The average Bonchev–Trinajstić information content (AvgIpc) is 2.65. The fraction of sp³-hybridized carbons (Fsp3) is 0.529. The van der Waals surface area contributed by atoms with Crippen LogP contribution >= 0.6 is 22.6 Å². The molecule has 3 heterocycles. The minimum Gasteiger partial charge on any atom is -0.452 e. The first-order valence-corrected chi connectivity index (χ1v) is 9.16. The Kier molecular flexibility index (Phi) is 4.79. The number of alkyl halides is 1. The van der Waals surface area contributed by atoms with Gasteiger partial charge in [-0.2, -0.15) is 0 Å². The molecule has 0 radical (unpaired) electrons. The molecular weight excluding hydrogens is 409 g/mol. The van der Waals surface area contributed by atoms with Crippen LogP contribution in [0.1, 0.15) is 26.2 Å². The first-order valence-electron chi connectivity index (χ1n) is 7.91. The van der Waals surface area contributed by atoms with Crippen LogP contribution in [0.4, 0.5) is 4.79 Å². The van der Waals surface area contributed by atoms with Crippen molar-refractivity contribution in [2.75, 3.05) is 7.11 Å². The molecule has 23 heavy (non-hydrogen) atoms. The summed E-state index contributed by atoms with van der Waals surface area (Å²) < 4.78 is 10.5. The van der Waals surface area contributed by atoms with Crippen molar-refractivity contribution in [1.82, 2.24) is 4.90 Å². The van der Waals surface area contributed by atoms with Crippen molar-refractivity contribution in [3.8, 4) is 0 Å². The second-order valence-electron chi connectivity index (χ2n) is 5.95. The number of amides is 1. The van der Waals surface area contributed by atoms with Crippen LogP contribution in [0.5, 0.6) is 0 Å². The molecule has 0 unspecified atom stereocenters. The number of halogens is 1. The molecule has 0 saturated carbocycles. The van der Waals surface area contributed by atoms with Crippen LogP contribution in [-0.4, -0.2) is 34.2 Å². The Bertz CT molecular complexity index is 610. The molecule has 6 heteroatoms. The van der Waals surface area contributed by atoms with Gasteiger partial charge in [-0.25, -0.2) is 14.5 Å². The third-order valence-electron chi connectivity index (χ3n) is 4.65. The van der Waals surface area contributed by atoms with Crippen LogP contribution in [0.25, 0.3) is 0 Å². The molecule has 1 fully saturated rings. The number of fused-ring (bicyclic) bond motifs is 1. The van der Waals surface area contributed by atoms with Gasteiger partial charge >= 0.3 is 12.1 Å². The maximum atomic E-state index is 12.6. The molecule has 1 aliphatic carbocycles. The van der Waals surface area contributed by atoms with Crippen molar-refractivity contribution in [3.05, 3.63) is 35.6 Å². The highest BCUT2D eigenvalue weighted by atomic mass is 127. The highest BCUT2D eigenvalue weighted by molar-refractivity contribution is 14.1. The molecule has 4 bridgehead atoms. The molecule has 4 atom stereocenters. The van der Waals surface area contributed by atoms with Gasteiger partial charge in [0.15, 0.2) is 6.23 Å². The van der Waals surface area contributed by atoms with E-state index in [9.17, 15) is 9.59 Å². The second-order valence-corrected chi connectivity index (χ2v) is 7.39. The number of carbonyl (C=O) groups excluding carboxylic acids is 2. The van der Waals surface area contributed by atoms with Gasteiger partial charge in [0.2, 0.25) is 0 Å². The molecule has 0 N–H and O–H groups in total. The summed E-state index contributed by atoms with van der Waals surface area (Å²) in [4.78, 5) is 26.4. The van der Waals surface area contributed by atoms with Gasteiger partial charge in [-0.15, -0.1) is 0 Å². The quantitative estimate of drug-likeness (QED) is 0.391. The molecule has 0 aromatic carbocycles.